The van der Waals surface area contributed by atoms with Crippen LogP contribution in [0.4, 0.5) is 0 Å². The number of carbonyl (C=O) groups excluding carboxylic acids is 1. The predicted molar refractivity (Wildman–Crippen MR) is 157 cm³/mol. The van der Waals surface area contributed by atoms with Crippen molar-refractivity contribution in [3.63, 3.8) is 0 Å². The summed E-state index contributed by atoms with van der Waals surface area (Å²) >= 11 is 5.94. The molecule has 4 saturated carbocycles. The molecule has 5 rings (SSSR count). The zero-order valence-corrected chi connectivity index (χ0v) is 26.1. The Hall–Kier alpha value is -1.15. The van der Waals surface area contributed by atoms with E-state index in [-0.39, 0.29) is 46.2 Å². The van der Waals surface area contributed by atoms with Crippen molar-refractivity contribution < 1.29 is 23.4 Å². The standard InChI is InChI=1S/C32H48ClNO5S/c1-5-23-27-18-21(35)13-15-32(27,4)26-14-16-31(3)24(10-11-25(31)29(26)30(23)37)19(2)9-12-28(36)34-40(38,39)22-8-6-7-20(33)17-22/h6-8,17,19,21,23-27,29-30,35,37H,5,9-16,18H2,1-4H3,(H,34,36)/t19-,21-,23-,24?,25+,26+,27?,29+,30-,31?,32?/m1/s1. The molecule has 4 aliphatic carbocycles. The highest BCUT2D eigenvalue weighted by Gasteiger charge is 2.64. The van der Waals surface area contributed by atoms with Gasteiger partial charge in [-0.1, -0.05) is 51.8 Å². The molecular weight excluding hydrogens is 546 g/mol. The van der Waals surface area contributed by atoms with Crippen molar-refractivity contribution in [2.75, 3.05) is 0 Å². The molecule has 1 aromatic carbocycles. The van der Waals surface area contributed by atoms with Gasteiger partial charge in [0, 0.05) is 11.4 Å². The van der Waals surface area contributed by atoms with Gasteiger partial charge in [0.15, 0.2) is 0 Å². The van der Waals surface area contributed by atoms with E-state index in [4.69, 9.17) is 11.6 Å². The summed E-state index contributed by atoms with van der Waals surface area (Å²) in [5.41, 5.74) is 0.294. The van der Waals surface area contributed by atoms with Crippen LogP contribution in [0.15, 0.2) is 29.2 Å². The van der Waals surface area contributed by atoms with E-state index >= 15 is 0 Å². The highest BCUT2D eigenvalue weighted by Crippen LogP contribution is 2.69. The zero-order valence-electron chi connectivity index (χ0n) is 24.5. The maximum Gasteiger partial charge on any atom is 0.264 e. The molecule has 0 aromatic heterocycles. The first kappa shape index (κ1) is 30.3. The predicted octanol–water partition coefficient (Wildman–Crippen LogP) is 6.19. The Labute approximate surface area is 245 Å². The van der Waals surface area contributed by atoms with Gasteiger partial charge in [-0.25, -0.2) is 13.1 Å². The number of fused-ring (bicyclic) bond motifs is 5. The number of halogens is 1. The molecule has 0 spiro atoms. The van der Waals surface area contributed by atoms with Crippen LogP contribution in [0.5, 0.6) is 0 Å². The third kappa shape index (κ3) is 5.16. The fourth-order valence-electron chi connectivity index (χ4n) is 10.4. The van der Waals surface area contributed by atoms with Crippen molar-refractivity contribution in [3.8, 4) is 0 Å². The van der Waals surface area contributed by atoms with Crippen LogP contribution in [0.2, 0.25) is 5.02 Å². The largest absolute Gasteiger partial charge is 0.393 e. The van der Waals surface area contributed by atoms with Crippen molar-refractivity contribution >= 4 is 27.5 Å². The van der Waals surface area contributed by atoms with E-state index in [1.165, 1.54) is 12.1 Å². The second-order valence-electron chi connectivity index (χ2n) is 14.1. The highest BCUT2D eigenvalue weighted by atomic mass is 35.5. The molecule has 4 unspecified atom stereocenters. The molecule has 40 heavy (non-hydrogen) atoms. The molecule has 0 aliphatic heterocycles. The quantitative estimate of drug-likeness (QED) is 0.350. The molecule has 4 aliphatic rings. The lowest BCUT2D eigenvalue weighted by Gasteiger charge is -2.64. The second-order valence-corrected chi connectivity index (χ2v) is 16.2. The van der Waals surface area contributed by atoms with Crippen LogP contribution in [0.25, 0.3) is 0 Å². The topological polar surface area (TPSA) is 104 Å². The third-order valence-electron chi connectivity index (χ3n) is 12.3. The van der Waals surface area contributed by atoms with Crippen LogP contribution < -0.4 is 4.72 Å². The summed E-state index contributed by atoms with van der Waals surface area (Å²) < 4.78 is 27.6. The molecule has 1 amide bonds. The van der Waals surface area contributed by atoms with Gasteiger partial charge in [-0.3, -0.25) is 4.79 Å². The number of nitrogens with one attached hydrogen (secondary N) is 1. The molecule has 1 aromatic rings. The molecule has 0 radical (unpaired) electrons. The van der Waals surface area contributed by atoms with E-state index in [0.29, 0.717) is 41.0 Å². The SMILES string of the molecule is CC[C@@H]1C2C[C@H](O)CCC2(C)[C@H]2CCC3(C)C([C@H](C)CCC(=O)NS(=O)(=O)c4cccc(Cl)c4)CC[C@H]3[C@@H]2[C@@H]1O. The number of amides is 1. The number of benzene rings is 1. The van der Waals surface area contributed by atoms with Crippen molar-refractivity contribution in [1.29, 1.82) is 0 Å². The first-order valence-corrected chi connectivity index (χ1v) is 17.3. The van der Waals surface area contributed by atoms with Crippen LogP contribution >= 0.6 is 11.6 Å². The number of sulfonamides is 1. The van der Waals surface area contributed by atoms with E-state index in [0.717, 1.165) is 51.4 Å². The molecular formula is C32H48ClNO5S. The Morgan fingerprint density at radius 1 is 1.07 bits per heavy atom. The molecule has 11 atom stereocenters. The number of aliphatic hydroxyl groups is 2. The van der Waals surface area contributed by atoms with Crippen LogP contribution in [-0.2, 0) is 14.8 Å². The number of hydrogen-bond donors (Lipinski definition) is 3. The van der Waals surface area contributed by atoms with E-state index in [2.05, 4.69) is 32.4 Å². The first-order valence-electron chi connectivity index (χ1n) is 15.5. The van der Waals surface area contributed by atoms with Gasteiger partial charge in [0.2, 0.25) is 5.91 Å². The number of carbonyl (C=O) groups is 1. The van der Waals surface area contributed by atoms with E-state index in [1.807, 2.05) is 0 Å². The average Bonchev–Trinajstić information content (AvgIpc) is 3.25. The van der Waals surface area contributed by atoms with Crippen molar-refractivity contribution in [2.24, 2.45) is 52.3 Å². The summed E-state index contributed by atoms with van der Waals surface area (Å²) in [6, 6.07) is 5.93. The lowest BCUT2D eigenvalue weighted by molar-refractivity contribution is -0.203. The van der Waals surface area contributed by atoms with Gasteiger partial charge in [0.25, 0.3) is 10.0 Å². The minimum atomic E-state index is -3.95. The summed E-state index contributed by atoms with van der Waals surface area (Å²) in [6.07, 6.45) is 8.41. The Morgan fingerprint density at radius 2 is 1.77 bits per heavy atom. The fraction of sp³-hybridized carbons (Fsp3) is 0.781. The van der Waals surface area contributed by atoms with E-state index in [9.17, 15) is 23.4 Å². The van der Waals surface area contributed by atoms with Gasteiger partial charge in [-0.05, 0) is 122 Å². The smallest absolute Gasteiger partial charge is 0.264 e. The van der Waals surface area contributed by atoms with Crippen molar-refractivity contribution in [2.45, 2.75) is 109 Å². The summed E-state index contributed by atoms with van der Waals surface area (Å²) in [7, 11) is -3.95. The molecule has 4 fully saturated rings. The number of rotatable bonds is 7. The first-order chi connectivity index (χ1) is 18.8. The Kier molecular flexibility index (Phi) is 8.46. The van der Waals surface area contributed by atoms with Gasteiger partial charge in [0.1, 0.15) is 0 Å². The lowest BCUT2D eigenvalue weighted by Crippen LogP contribution is -2.62. The van der Waals surface area contributed by atoms with Gasteiger partial charge in [0.05, 0.1) is 17.1 Å². The molecule has 8 heteroatoms. The molecule has 3 N–H and O–H groups in total. The normalized spacial score (nSPS) is 41.9. The van der Waals surface area contributed by atoms with Crippen LogP contribution in [0, 0.1) is 52.3 Å². The lowest BCUT2D eigenvalue weighted by atomic mass is 9.41. The summed E-state index contributed by atoms with van der Waals surface area (Å²) in [4.78, 5) is 12.7. The van der Waals surface area contributed by atoms with Gasteiger partial charge in [-0.15, -0.1) is 0 Å². The molecule has 0 heterocycles. The molecule has 6 nitrogen and oxygen atoms in total. The Bertz CT molecular complexity index is 1210. The van der Waals surface area contributed by atoms with Gasteiger partial charge >= 0.3 is 0 Å². The van der Waals surface area contributed by atoms with E-state index < -0.39 is 15.9 Å². The monoisotopic (exact) mass is 593 g/mol. The van der Waals surface area contributed by atoms with Crippen LogP contribution in [0.1, 0.15) is 91.9 Å². The number of aliphatic hydroxyl groups excluding tert-OH is 2. The number of hydrogen-bond acceptors (Lipinski definition) is 5. The third-order valence-corrected chi connectivity index (χ3v) is 13.9. The van der Waals surface area contributed by atoms with Crippen LogP contribution in [0.3, 0.4) is 0 Å². The van der Waals surface area contributed by atoms with Crippen molar-refractivity contribution in [3.05, 3.63) is 29.3 Å². The van der Waals surface area contributed by atoms with Gasteiger partial charge in [-0.2, -0.15) is 0 Å². The van der Waals surface area contributed by atoms with Gasteiger partial charge < -0.3 is 10.2 Å². The Balaban J connectivity index is 1.27. The summed E-state index contributed by atoms with van der Waals surface area (Å²) in [5, 5.41) is 22.7. The van der Waals surface area contributed by atoms with Crippen molar-refractivity contribution in [1.82, 2.24) is 4.72 Å². The Morgan fingerprint density at radius 3 is 2.48 bits per heavy atom. The molecule has 0 saturated heterocycles. The van der Waals surface area contributed by atoms with E-state index in [1.54, 1.807) is 12.1 Å². The minimum Gasteiger partial charge on any atom is -0.393 e. The maximum absolute atomic E-state index is 12.7. The summed E-state index contributed by atoms with van der Waals surface area (Å²) in [6.45, 7) is 9.31. The second kappa shape index (κ2) is 11.2. The minimum absolute atomic E-state index is 0.0101. The average molecular weight is 594 g/mol. The van der Waals surface area contributed by atoms with Crippen LogP contribution in [-0.4, -0.2) is 36.7 Å². The fourth-order valence-corrected chi connectivity index (χ4v) is 11.7. The molecule has 0 bridgehead atoms. The highest BCUT2D eigenvalue weighted by molar-refractivity contribution is 7.90. The maximum atomic E-state index is 12.7. The zero-order chi connectivity index (χ0) is 29.0. The molecule has 224 valence electrons. The summed E-state index contributed by atoms with van der Waals surface area (Å²) in [5.74, 6) is 2.13.